The Bertz CT molecular complexity index is 559. The van der Waals surface area contributed by atoms with Gasteiger partial charge in [0.2, 0.25) is 0 Å². The predicted molar refractivity (Wildman–Crippen MR) is 70.5 cm³/mol. The van der Waals surface area contributed by atoms with Crippen LogP contribution in [0, 0.1) is 0 Å². The Kier molecular flexibility index (Phi) is 2.60. The van der Waals surface area contributed by atoms with Crippen LogP contribution in [0.15, 0.2) is 48.5 Å². The second-order valence-corrected chi connectivity index (χ2v) is 5.04. The Morgan fingerprint density at radius 2 is 1.94 bits per heavy atom. The van der Waals surface area contributed by atoms with Gasteiger partial charge in [-0.2, -0.15) is 0 Å². The van der Waals surface area contributed by atoms with Gasteiger partial charge < -0.3 is 9.84 Å². The van der Waals surface area contributed by atoms with Crippen molar-refractivity contribution in [2.75, 3.05) is 0 Å². The van der Waals surface area contributed by atoms with E-state index in [1.165, 1.54) is 5.56 Å². The van der Waals surface area contributed by atoms with Crippen molar-refractivity contribution in [3.05, 3.63) is 65.2 Å². The summed E-state index contributed by atoms with van der Waals surface area (Å²) in [5.41, 5.74) is 2.72. The van der Waals surface area contributed by atoms with Crippen molar-refractivity contribution in [3.8, 4) is 5.75 Å². The van der Waals surface area contributed by atoms with Crippen molar-refractivity contribution < 1.29 is 9.84 Å². The lowest BCUT2D eigenvalue weighted by molar-refractivity contribution is 0.0327. The van der Waals surface area contributed by atoms with Gasteiger partial charge in [0.25, 0.3) is 0 Å². The SMILES string of the molecule is CC1(O)Cc2cc(OCc3ccccc3)ccc21. The van der Waals surface area contributed by atoms with E-state index in [-0.39, 0.29) is 0 Å². The second kappa shape index (κ2) is 4.14. The van der Waals surface area contributed by atoms with Crippen molar-refractivity contribution in [1.29, 1.82) is 0 Å². The molecule has 3 rings (SSSR count). The second-order valence-electron chi connectivity index (χ2n) is 5.04. The monoisotopic (exact) mass is 240 g/mol. The van der Waals surface area contributed by atoms with Crippen molar-refractivity contribution in [2.24, 2.45) is 0 Å². The highest BCUT2D eigenvalue weighted by molar-refractivity contribution is 5.46. The van der Waals surface area contributed by atoms with Crippen molar-refractivity contribution in [3.63, 3.8) is 0 Å². The van der Waals surface area contributed by atoms with Crippen LogP contribution in [0.3, 0.4) is 0 Å². The normalized spacial score (nSPS) is 21.0. The summed E-state index contributed by atoms with van der Waals surface area (Å²) in [6.45, 7) is 2.43. The molecule has 1 aliphatic carbocycles. The first kappa shape index (κ1) is 11.3. The lowest BCUT2D eigenvalue weighted by Gasteiger charge is -2.36. The Hall–Kier alpha value is -1.80. The van der Waals surface area contributed by atoms with Crippen molar-refractivity contribution in [1.82, 2.24) is 0 Å². The number of hydrogen-bond acceptors (Lipinski definition) is 2. The van der Waals surface area contributed by atoms with Crippen molar-refractivity contribution >= 4 is 0 Å². The summed E-state index contributed by atoms with van der Waals surface area (Å²) in [4.78, 5) is 0. The van der Waals surface area contributed by atoms with E-state index in [1.54, 1.807) is 0 Å². The van der Waals surface area contributed by atoms with E-state index in [0.29, 0.717) is 13.0 Å². The van der Waals surface area contributed by atoms with Gasteiger partial charge in [-0.3, -0.25) is 0 Å². The van der Waals surface area contributed by atoms with Crippen LogP contribution in [0.5, 0.6) is 5.75 Å². The standard InChI is InChI=1S/C16H16O2/c1-16(17)10-13-9-14(7-8-15(13)16)18-11-12-5-3-2-4-6-12/h2-9,17H,10-11H2,1H3. The molecule has 2 aromatic carbocycles. The molecule has 2 aromatic rings. The molecule has 1 unspecified atom stereocenters. The summed E-state index contributed by atoms with van der Waals surface area (Å²) in [5.74, 6) is 0.869. The van der Waals surface area contributed by atoms with Gasteiger partial charge >= 0.3 is 0 Å². The zero-order chi connectivity index (χ0) is 12.6. The quantitative estimate of drug-likeness (QED) is 0.893. The van der Waals surface area contributed by atoms with Crippen LogP contribution in [0.25, 0.3) is 0 Å². The minimum atomic E-state index is -0.646. The fourth-order valence-electron chi connectivity index (χ4n) is 2.43. The zero-order valence-corrected chi connectivity index (χ0v) is 10.4. The molecule has 0 radical (unpaired) electrons. The summed E-state index contributed by atoms with van der Waals surface area (Å²) in [7, 11) is 0. The van der Waals surface area contributed by atoms with Crippen LogP contribution in [-0.2, 0) is 18.6 Å². The maximum absolute atomic E-state index is 9.92. The van der Waals surface area contributed by atoms with E-state index < -0.39 is 5.60 Å². The molecule has 0 spiro atoms. The van der Waals surface area contributed by atoms with E-state index in [0.717, 1.165) is 16.9 Å². The Labute approximate surface area is 107 Å². The molecule has 1 N–H and O–H groups in total. The molecule has 0 fully saturated rings. The molecule has 0 saturated carbocycles. The average Bonchev–Trinajstić information content (AvgIpc) is 2.36. The number of ether oxygens (including phenoxy) is 1. The lowest BCUT2D eigenvalue weighted by atomic mass is 9.75. The molecule has 2 heteroatoms. The molecule has 0 saturated heterocycles. The fraction of sp³-hybridized carbons (Fsp3) is 0.250. The minimum Gasteiger partial charge on any atom is -0.489 e. The number of benzene rings is 2. The number of hydrogen-bond donors (Lipinski definition) is 1. The zero-order valence-electron chi connectivity index (χ0n) is 10.4. The molecule has 92 valence electrons. The summed E-state index contributed by atoms with van der Waals surface area (Å²) in [5, 5.41) is 9.92. The molecule has 0 aromatic heterocycles. The number of fused-ring (bicyclic) bond motifs is 1. The van der Waals surface area contributed by atoms with Crippen molar-refractivity contribution in [2.45, 2.75) is 25.6 Å². The summed E-state index contributed by atoms with van der Waals surface area (Å²) in [6, 6.07) is 16.0. The highest BCUT2D eigenvalue weighted by Gasteiger charge is 2.36. The first-order chi connectivity index (χ1) is 8.65. The van der Waals surface area contributed by atoms with Crippen LogP contribution >= 0.6 is 0 Å². The average molecular weight is 240 g/mol. The first-order valence-electron chi connectivity index (χ1n) is 6.18. The third-order valence-corrected chi connectivity index (χ3v) is 3.44. The van der Waals surface area contributed by atoms with E-state index >= 15 is 0 Å². The Morgan fingerprint density at radius 3 is 2.61 bits per heavy atom. The molecular weight excluding hydrogens is 224 g/mol. The van der Waals surface area contributed by atoms with Crippen LogP contribution in [0.2, 0.25) is 0 Å². The van der Waals surface area contributed by atoms with E-state index in [9.17, 15) is 5.11 Å². The molecule has 1 atom stereocenters. The van der Waals surface area contributed by atoms with Crippen LogP contribution in [0.1, 0.15) is 23.6 Å². The summed E-state index contributed by atoms with van der Waals surface area (Å²) >= 11 is 0. The topological polar surface area (TPSA) is 29.5 Å². The minimum absolute atomic E-state index is 0.579. The first-order valence-corrected chi connectivity index (χ1v) is 6.18. The Balaban J connectivity index is 1.70. The van der Waals surface area contributed by atoms with E-state index in [4.69, 9.17) is 4.74 Å². The largest absolute Gasteiger partial charge is 0.489 e. The molecule has 2 nitrogen and oxygen atoms in total. The number of aliphatic hydroxyl groups is 1. The van der Waals surface area contributed by atoms with Gasteiger partial charge in [0, 0.05) is 6.42 Å². The van der Waals surface area contributed by atoms with Gasteiger partial charge in [0.1, 0.15) is 12.4 Å². The van der Waals surface area contributed by atoms with Gasteiger partial charge in [0.05, 0.1) is 5.60 Å². The predicted octanol–water partition coefficient (Wildman–Crippen LogP) is 3.03. The van der Waals surface area contributed by atoms with Crippen LogP contribution in [-0.4, -0.2) is 5.11 Å². The van der Waals surface area contributed by atoms with Gasteiger partial charge in [0.15, 0.2) is 0 Å². The van der Waals surface area contributed by atoms with Gasteiger partial charge in [-0.25, -0.2) is 0 Å². The summed E-state index contributed by atoms with van der Waals surface area (Å²) < 4.78 is 5.75. The lowest BCUT2D eigenvalue weighted by Crippen LogP contribution is -2.35. The molecule has 1 aliphatic rings. The van der Waals surface area contributed by atoms with Crippen LogP contribution < -0.4 is 4.74 Å². The van der Waals surface area contributed by atoms with Gasteiger partial charge in [-0.15, -0.1) is 0 Å². The van der Waals surface area contributed by atoms with Gasteiger partial charge in [-0.05, 0) is 35.7 Å². The smallest absolute Gasteiger partial charge is 0.120 e. The third-order valence-electron chi connectivity index (χ3n) is 3.44. The fourth-order valence-corrected chi connectivity index (χ4v) is 2.43. The highest BCUT2D eigenvalue weighted by atomic mass is 16.5. The Morgan fingerprint density at radius 1 is 1.17 bits per heavy atom. The summed E-state index contributed by atoms with van der Waals surface area (Å²) in [6.07, 6.45) is 0.713. The molecule has 0 aliphatic heterocycles. The van der Waals surface area contributed by atoms with Gasteiger partial charge in [-0.1, -0.05) is 36.4 Å². The third kappa shape index (κ3) is 2.00. The molecular formula is C16H16O2. The highest BCUT2D eigenvalue weighted by Crippen LogP contribution is 2.40. The van der Waals surface area contributed by atoms with Crippen LogP contribution in [0.4, 0.5) is 0 Å². The maximum atomic E-state index is 9.92. The molecule has 18 heavy (non-hydrogen) atoms. The molecule has 0 amide bonds. The molecule has 0 bridgehead atoms. The van der Waals surface area contributed by atoms with E-state index in [2.05, 4.69) is 0 Å². The maximum Gasteiger partial charge on any atom is 0.120 e. The number of rotatable bonds is 3. The van der Waals surface area contributed by atoms with E-state index in [1.807, 2.05) is 55.5 Å². The molecule has 0 heterocycles.